The normalized spacial score (nSPS) is 31.4. The molecule has 0 spiro atoms. The molecular formula is C16H30N2O2. The number of carbonyl (C=O) groups excluding carboxylic acids is 1. The van der Waals surface area contributed by atoms with Crippen LogP contribution in [0.2, 0.25) is 0 Å². The van der Waals surface area contributed by atoms with Crippen LogP contribution < -0.4 is 5.32 Å². The van der Waals surface area contributed by atoms with Crippen molar-refractivity contribution >= 4 is 6.03 Å². The SMILES string of the molecule is CC(C)CC1CCCCN1C(=O)NC1CCC(O)CC1. The number of nitrogens with zero attached hydrogens (tertiary/aromatic N) is 1. The lowest BCUT2D eigenvalue weighted by atomic mass is 9.92. The highest BCUT2D eigenvalue weighted by atomic mass is 16.3. The predicted octanol–water partition coefficient (Wildman–Crippen LogP) is 2.90. The van der Waals surface area contributed by atoms with E-state index in [4.69, 9.17) is 0 Å². The molecule has 2 fully saturated rings. The van der Waals surface area contributed by atoms with E-state index in [1.165, 1.54) is 6.42 Å². The number of aliphatic hydroxyl groups is 1. The van der Waals surface area contributed by atoms with Crippen LogP contribution in [0.25, 0.3) is 0 Å². The molecule has 2 N–H and O–H groups in total. The Morgan fingerprint density at radius 3 is 2.55 bits per heavy atom. The lowest BCUT2D eigenvalue weighted by molar-refractivity contribution is 0.108. The maximum atomic E-state index is 12.5. The summed E-state index contributed by atoms with van der Waals surface area (Å²) in [5.41, 5.74) is 0. The molecule has 4 nitrogen and oxygen atoms in total. The molecule has 1 aliphatic heterocycles. The van der Waals surface area contributed by atoms with Crippen LogP contribution in [0.1, 0.15) is 65.2 Å². The molecule has 1 aliphatic carbocycles. The van der Waals surface area contributed by atoms with Crippen LogP contribution >= 0.6 is 0 Å². The third kappa shape index (κ3) is 4.37. The van der Waals surface area contributed by atoms with E-state index < -0.39 is 0 Å². The van der Waals surface area contributed by atoms with Crippen molar-refractivity contribution < 1.29 is 9.90 Å². The minimum atomic E-state index is -0.160. The molecular weight excluding hydrogens is 252 g/mol. The number of carbonyl (C=O) groups is 1. The molecule has 0 aromatic carbocycles. The first-order chi connectivity index (χ1) is 9.56. The van der Waals surface area contributed by atoms with Gasteiger partial charge in [-0.3, -0.25) is 0 Å². The number of hydrogen-bond donors (Lipinski definition) is 2. The van der Waals surface area contributed by atoms with Gasteiger partial charge in [0.15, 0.2) is 0 Å². The highest BCUT2D eigenvalue weighted by Gasteiger charge is 2.29. The number of piperidine rings is 1. The Bertz CT molecular complexity index is 312. The smallest absolute Gasteiger partial charge is 0.317 e. The van der Waals surface area contributed by atoms with Gasteiger partial charge in [-0.25, -0.2) is 4.79 Å². The molecule has 116 valence electrons. The first kappa shape index (κ1) is 15.6. The third-order valence-corrected chi connectivity index (χ3v) is 4.66. The van der Waals surface area contributed by atoms with Gasteiger partial charge in [-0.05, 0) is 57.3 Å². The van der Waals surface area contributed by atoms with E-state index in [9.17, 15) is 9.90 Å². The number of nitrogens with one attached hydrogen (secondary N) is 1. The van der Waals surface area contributed by atoms with E-state index in [0.717, 1.165) is 51.5 Å². The van der Waals surface area contributed by atoms with Crippen LogP contribution in [0, 0.1) is 5.92 Å². The summed E-state index contributed by atoms with van der Waals surface area (Å²) in [7, 11) is 0. The van der Waals surface area contributed by atoms with E-state index in [1.807, 2.05) is 0 Å². The Balaban J connectivity index is 1.85. The molecule has 1 saturated heterocycles. The standard InChI is InChI=1S/C16H30N2O2/c1-12(2)11-14-5-3-4-10-18(14)16(20)17-13-6-8-15(19)9-7-13/h12-15,19H,3-11H2,1-2H3,(H,17,20). The molecule has 2 aliphatic rings. The molecule has 20 heavy (non-hydrogen) atoms. The van der Waals surface area contributed by atoms with Crippen molar-refractivity contribution in [3.8, 4) is 0 Å². The van der Waals surface area contributed by atoms with E-state index in [2.05, 4.69) is 24.1 Å². The highest BCUT2D eigenvalue weighted by molar-refractivity contribution is 5.75. The van der Waals surface area contributed by atoms with E-state index >= 15 is 0 Å². The largest absolute Gasteiger partial charge is 0.393 e. The average Bonchev–Trinajstić information content (AvgIpc) is 2.41. The van der Waals surface area contributed by atoms with Gasteiger partial charge in [-0.1, -0.05) is 13.8 Å². The van der Waals surface area contributed by atoms with Gasteiger partial charge >= 0.3 is 6.03 Å². The first-order valence-corrected chi connectivity index (χ1v) is 8.31. The molecule has 1 heterocycles. The Morgan fingerprint density at radius 1 is 1.20 bits per heavy atom. The van der Waals surface area contributed by atoms with Crippen molar-refractivity contribution in [2.75, 3.05) is 6.54 Å². The van der Waals surface area contributed by atoms with Crippen molar-refractivity contribution in [1.29, 1.82) is 0 Å². The van der Waals surface area contributed by atoms with Crippen molar-refractivity contribution in [2.45, 2.75) is 83.4 Å². The summed E-state index contributed by atoms with van der Waals surface area (Å²) in [6.45, 7) is 5.36. The number of rotatable bonds is 3. The topological polar surface area (TPSA) is 52.6 Å². The van der Waals surface area contributed by atoms with Crippen LogP contribution in [0.3, 0.4) is 0 Å². The van der Waals surface area contributed by atoms with Gasteiger partial charge in [-0.2, -0.15) is 0 Å². The first-order valence-electron chi connectivity index (χ1n) is 8.31. The quantitative estimate of drug-likeness (QED) is 0.836. The average molecular weight is 282 g/mol. The molecule has 1 unspecified atom stereocenters. The summed E-state index contributed by atoms with van der Waals surface area (Å²) < 4.78 is 0. The molecule has 4 heteroatoms. The maximum absolute atomic E-state index is 12.5. The van der Waals surface area contributed by atoms with Crippen molar-refractivity contribution in [3.05, 3.63) is 0 Å². The number of amides is 2. The molecule has 2 rings (SSSR count). The van der Waals surface area contributed by atoms with E-state index in [0.29, 0.717) is 12.0 Å². The van der Waals surface area contributed by atoms with Crippen LogP contribution in [0.4, 0.5) is 4.79 Å². The van der Waals surface area contributed by atoms with Gasteiger partial charge in [0.1, 0.15) is 0 Å². The summed E-state index contributed by atoms with van der Waals surface area (Å²) in [5, 5.41) is 12.7. The van der Waals surface area contributed by atoms with Crippen molar-refractivity contribution in [2.24, 2.45) is 5.92 Å². The van der Waals surface area contributed by atoms with Gasteiger partial charge in [0.25, 0.3) is 0 Å². The second-order valence-corrected chi connectivity index (χ2v) is 6.93. The Kier molecular flexibility index (Phi) is 5.70. The second-order valence-electron chi connectivity index (χ2n) is 6.93. The molecule has 0 aromatic heterocycles. The Morgan fingerprint density at radius 2 is 1.90 bits per heavy atom. The minimum absolute atomic E-state index is 0.122. The zero-order chi connectivity index (χ0) is 14.5. The monoisotopic (exact) mass is 282 g/mol. The number of likely N-dealkylation sites (tertiary alicyclic amines) is 1. The summed E-state index contributed by atoms with van der Waals surface area (Å²) in [4.78, 5) is 14.6. The molecule has 2 amide bonds. The van der Waals surface area contributed by atoms with Gasteiger partial charge in [0, 0.05) is 18.6 Å². The fourth-order valence-corrected chi connectivity index (χ4v) is 3.53. The lowest BCUT2D eigenvalue weighted by Gasteiger charge is -2.38. The number of urea groups is 1. The van der Waals surface area contributed by atoms with Crippen LogP contribution in [0.5, 0.6) is 0 Å². The van der Waals surface area contributed by atoms with Gasteiger partial charge in [0.05, 0.1) is 6.10 Å². The van der Waals surface area contributed by atoms with E-state index in [-0.39, 0.29) is 18.2 Å². The van der Waals surface area contributed by atoms with Gasteiger partial charge in [0.2, 0.25) is 0 Å². The molecule has 0 bridgehead atoms. The summed E-state index contributed by atoms with van der Waals surface area (Å²) in [5.74, 6) is 0.637. The fraction of sp³-hybridized carbons (Fsp3) is 0.938. The van der Waals surface area contributed by atoms with Crippen LogP contribution in [-0.4, -0.2) is 40.8 Å². The van der Waals surface area contributed by atoms with Gasteiger partial charge < -0.3 is 15.3 Å². The zero-order valence-electron chi connectivity index (χ0n) is 13.0. The van der Waals surface area contributed by atoms with Crippen molar-refractivity contribution in [3.63, 3.8) is 0 Å². The number of aliphatic hydroxyl groups excluding tert-OH is 1. The third-order valence-electron chi connectivity index (χ3n) is 4.66. The molecule has 0 aromatic rings. The summed E-state index contributed by atoms with van der Waals surface area (Å²) >= 11 is 0. The lowest BCUT2D eigenvalue weighted by Crippen LogP contribution is -2.52. The highest BCUT2D eigenvalue weighted by Crippen LogP contribution is 2.24. The van der Waals surface area contributed by atoms with Crippen LogP contribution in [-0.2, 0) is 0 Å². The summed E-state index contributed by atoms with van der Waals surface area (Å²) in [6, 6.07) is 0.794. The Hall–Kier alpha value is -0.770. The van der Waals surface area contributed by atoms with E-state index in [1.54, 1.807) is 0 Å². The van der Waals surface area contributed by atoms with Gasteiger partial charge in [-0.15, -0.1) is 0 Å². The molecule has 0 radical (unpaired) electrons. The number of hydrogen-bond acceptors (Lipinski definition) is 2. The summed E-state index contributed by atoms with van der Waals surface area (Å²) in [6.07, 6.45) is 7.94. The predicted molar refractivity (Wildman–Crippen MR) is 80.6 cm³/mol. The maximum Gasteiger partial charge on any atom is 0.317 e. The molecule has 1 atom stereocenters. The second kappa shape index (κ2) is 7.30. The van der Waals surface area contributed by atoms with Crippen molar-refractivity contribution in [1.82, 2.24) is 10.2 Å². The van der Waals surface area contributed by atoms with Crippen LogP contribution in [0.15, 0.2) is 0 Å². The Labute approximate surface area is 122 Å². The zero-order valence-corrected chi connectivity index (χ0v) is 13.0. The fourth-order valence-electron chi connectivity index (χ4n) is 3.53. The molecule has 1 saturated carbocycles. The minimum Gasteiger partial charge on any atom is -0.393 e.